The second-order valence-corrected chi connectivity index (χ2v) is 7.48. The van der Waals surface area contributed by atoms with Crippen LogP contribution >= 0.6 is 11.6 Å². The summed E-state index contributed by atoms with van der Waals surface area (Å²) in [4.78, 5) is 28.4. The largest absolute Gasteiger partial charge is 0.444 e. The lowest BCUT2D eigenvalue weighted by atomic mass is 10.2. The Morgan fingerprint density at radius 1 is 1.07 bits per heavy atom. The molecule has 1 fully saturated rings. The Morgan fingerprint density at radius 2 is 1.77 bits per heavy atom. The van der Waals surface area contributed by atoms with E-state index in [9.17, 15) is 9.59 Å². The second-order valence-electron chi connectivity index (χ2n) is 7.05. The van der Waals surface area contributed by atoms with Gasteiger partial charge in [-0.2, -0.15) is 0 Å². The smallest absolute Gasteiger partial charge is 0.411 e. The topological polar surface area (TPSA) is 93.5 Å². The molecule has 2 N–H and O–H groups in total. The van der Waals surface area contributed by atoms with Gasteiger partial charge in [0.2, 0.25) is 5.76 Å². The Labute approximate surface area is 178 Å². The van der Waals surface area contributed by atoms with Crippen molar-refractivity contribution >= 4 is 29.3 Å². The van der Waals surface area contributed by atoms with Gasteiger partial charge in [-0.15, -0.1) is 0 Å². The van der Waals surface area contributed by atoms with Gasteiger partial charge in [-0.25, -0.2) is 9.78 Å². The van der Waals surface area contributed by atoms with Gasteiger partial charge >= 0.3 is 6.09 Å². The molecule has 0 unspecified atom stereocenters. The lowest BCUT2D eigenvalue weighted by Gasteiger charge is -2.09. The van der Waals surface area contributed by atoms with Gasteiger partial charge in [0.05, 0.1) is 5.69 Å². The van der Waals surface area contributed by atoms with Crippen molar-refractivity contribution in [3.8, 4) is 0 Å². The number of carbonyl (C=O) groups excluding carboxylic acids is 2. The summed E-state index contributed by atoms with van der Waals surface area (Å²) in [5.41, 5.74) is 3.06. The minimum absolute atomic E-state index is 0.150. The first kappa shape index (κ1) is 20.0. The van der Waals surface area contributed by atoms with E-state index in [1.165, 1.54) is 6.39 Å². The number of carbonyl (C=O) groups is 2. The minimum atomic E-state index is -0.552. The molecule has 0 atom stereocenters. The van der Waals surface area contributed by atoms with Crippen molar-refractivity contribution in [3.63, 3.8) is 0 Å². The maximum absolute atomic E-state index is 12.3. The summed E-state index contributed by atoms with van der Waals surface area (Å²) in [5, 5.41) is 6.13. The minimum Gasteiger partial charge on any atom is -0.444 e. The molecular formula is C22H20ClN3O4. The molecular weight excluding hydrogens is 406 g/mol. The van der Waals surface area contributed by atoms with Crippen LogP contribution in [0.25, 0.3) is 0 Å². The molecule has 0 aliphatic heterocycles. The van der Waals surface area contributed by atoms with Gasteiger partial charge < -0.3 is 14.5 Å². The number of nitrogens with one attached hydrogen (secondary N) is 2. The summed E-state index contributed by atoms with van der Waals surface area (Å²) in [5.74, 6) is 0.357. The van der Waals surface area contributed by atoms with Crippen molar-refractivity contribution in [2.24, 2.45) is 0 Å². The van der Waals surface area contributed by atoms with Crippen molar-refractivity contribution in [1.29, 1.82) is 0 Å². The highest BCUT2D eigenvalue weighted by Crippen LogP contribution is 2.40. The summed E-state index contributed by atoms with van der Waals surface area (Å²) in [6.07, 6.45) is 2.85. The molecule has 0 saturated heterocycles. The predicted molar refractivity (Wildman–Crippen MR) is 111 cm³/mol. The van der Waals surface area contributed by atoms with Crippen molar-refractivity contribution in [3.05, 3.63) is 82.5 Å². The number of nitrogens with zero attached hydrogens (tertiary/aromatic N) is 1. The molecule has 2 amide bonds. The van der Waals surface area contributed by atoms with Gasteiger partial charge in [0.15, 0.2) is 6.39 Å². The summed E-state index contributed by atoms with van der Waals surface area (Å²) in [7, 11) is 0. The monoisotopic (exact) mass is 425 g/mol. The first-order valence-electron chi connectivity index (χ1n) is 9.57. The molecule has 0 bridgehead atoms. The van der Waals surface area contributed by atoms with Gasteiger partial charge in [0, 0.05) is 23.2 Å². The fraction of sp³-hybridized carbons (Fsp3) is 0.227. The number of anilines is 1. The molecule has 0 spiro atoms. The van der Waals surface area contributed by atoms with E-state index in [1.807, 2.05) is 12.1 Å². The van der Waals surface area contributed by atoms with Crippen LogP contribution in [0.2, 0.25) is 5.02 Å². The number of rotatable bonds is 7. The lowest BCUT2D eigenvalue weighted by molar-refractivity contribution is 0.0921. The lowest BCUT2D eigenvalue weighted by Crippen LogP contribution is -2.23. The maximum Gasteiger partial charge on any atom is 0.411 e. The van der Waals surface area contributed by atoms with Gasteiger partial charge in [0.25, 0.3) is 5.91 Å². The number of aromatic nitrogens is 1. The zero-order chi connectivity index (χ0) is 20.9. The first-order chi connectivity index (χ1) is 14.6. The van der Waals surface area contributed by atoms with Crippen LogP contribution in [0.5, 0.6) is 0 Å². The number of halogens is 1. The standard InChI is InChI=1S/C22H20ClN3O4/c23-17-7-1-15(2-8-17)12-29-22(28)26-18-9-3-14(4-10-18)11-24-21(27)20-19(16-5-6-16)25-13-30-20/h1-4,7-10,13,16H,5-6,11-12H2,(H,24,27)(H,26,28). The number of benzene rings is 2. The van der Waals surface area contributed by atoms with E-state index in [4.69, 9.17) is 20.8 Å². The average molecular weight is 426 g/mol. The van der Waals surface area contributed by atoms with Crippen LogP contribution in [-0.2, 0) is 17.9 Å². The molecule has 4 rings (SSSR count). The predicted octanol–water partition coefficient (Wildman–Crippen LogP) is 4.88. The number of ether oxygens (including phenoxy) is 1. The Bertz CT molecular complexity index is 1030. The molecule has 154 valence electrons. The molecule has 1 aliphatic carbocycles. The number of amides is 2. The van der Waals surface area contributed by atoms with E-state index in [0.29, 0.717) is 28.9 Å². The highest BCUT2D eigenvalue weighted by molar-refractivity contribution is 6.30. The van der Waals surface area contributed by atoms with Crippen LogP contribution < -0.4 is 10.6 Å². The molecule has 1 aromatic heterocycles. The summed E-state index contributed by atoms with van der Waals surface area (Å²) in [6, 6.07) is 14.2. The average Bonchev–Trinajstić information content (AvgIpc) is 3.48. The number of hydrogen-bond acceptors (Lipinski definition) is 5. The molecule has 1 heterocycles. The Morgan fingerprint density at radius 3 is 2.47 bits per heavy atom. The van der Waals surface area contributed by atoms with Crippen LogP contribution in [0.3, 0.4) is 0 Å². The fourth-order valence-corrected chi connectivity index (χ4v) is 3.05. The second kappa shape index (κ2) is 9.00. The maximum atomic E-state index is 12.3. The molecule has 1 aliphatic rings. The SMILES string of the molecule is O=C(Nc1ccc(CNC(=O)c2ocnc2C2CC2)cc1)OCc1ccc(Cl)cc1. The van der Waals surface area contributed by atoms with Crippen LogP contribution in [0.1, 0.15) is 46.1 Å². The molecule has 30 heavy (non-hydrogen) atoms. The van der Waals surface area contributed by atoms with E-state index < -0.39 is 6.09 Å². The number of hydrogen-bond donors (Lipinski definition) is 2. The van der Waals surface area contributed by atoms with E-state index in [0.717, 1.165) is 29.7 Å². The third-order valence-corrected chi connectivity index (χ3v) is 4.95. The van der Waals surface area contributed by atoms with Crippen LogP contribution in [0.4, 0.5) is 10.5 Å². The summed E-state index contributed by atoms with van der Waals surface area (Å²) < 4.78 is 10.4. The zero-order valence-electron chi connectivity index (χ0n) is 16.1. The molecule has 0 radical (unpaired) electrons. The van der Waals surface area contributed by atoms with E-state index >= 15 is 0 Å². The molecule has 8 heteroatoms. The third-order valence-electron chi connectivity index (χ3n) is 4.70. The number of oxazole rings is 1. The zero-order valence-corrected chi connectivity index (χ0v) is 16.8. The molecule has 2 aromatic carbocycles. The normalized spacial score (nSPS) is 13.0. The highest BCUT2D eigenvalue weighted by Gasteiger charge is 2.31. The van der Waals surface area contributed by atoms with Crippen LogP contribution in [0.15, 0.2) is 59.3 Å². The Kier molecular flexibility index (Phi) is 5.99. The molecule has 7 nitrogen and oxygen atoms in total. The molecule has 1 saturated carbocycles. The van der Waals surface area contributed by atoms with Gasteiger partial charge in [0.1, 0.15) is 6.61 Å². The van der Waals surface area contributed by atoms with Crippen molar-refractivity contribution in [2.45, 2.75) is 31.9 Å². The highest BCUT2D eigenvalue weighted by atomic mass is 35.5. The van der Waals surface area contributed by atoms with Gasteiger partial charge in [-0.3, -0.25) is 10.1 Å². The summed E-state index contributed by atoms with van der Waals surface area (Å²) in [6.45, 7) is 0.489. The Hall–Kier alpha value is -3.32. The summed E-state index contributed by atoms with van der Waals surface area (Å²) >= 11 is 5.83. The third kappa shape index (κ3) is 5.18. The Balaban J connectivity index is 1.24. The first-order valence-corrected chi connectivity index (χ1v) is 9.95. The van der Waals surface area contributed by atoms with E-state index in [2.05, 4.69) is 15.6 Å². The quantitative estimate of drug-likeness (QED) is 0.562. The van der Waals surface area contributed by atoms with Crippen molar-refractivity contribution in [2.75, 3.05) is 5.32 Å². The van der Waals surface area contributed by atoms with Crippen LogP contribution in [-0.4, -0.2) is 17.0 Å². The van der Waals surface area contributed by atoms with Crippen molar-refractivity contribution in [1.82, 2.24) is 10.3 Å². The van der Waals surface area contributed by atoms with E-state index in [-0.39, 0.29) is 12.5 Å². The van der Waals surface area contributed by atoms with Gasteiger partial charge in [-0.1, -0.05) is 35.9 Å². The van der Waals surface area contributed by atoms with Crippen LogP contribution in [0, 0.1) is 0 Å². The fourth-order valence-electron chi connectivity index (χ4n) is 2.92. The molecule has 3 aromatic rings. The van der Waals surface area contributed by atoms with Crippen molar-refractivity contribution < 1.29 is 18.7 Å². The van der Waals surface area contributed by atoms with Gasteiger partial charge in [-0.05, 0) is 48.2 Å². The van der Waals surface area contributed by atoms with E-state index in [1.54, 1.807) is 36.4 Å².